The molecule has 1 unspecified atom stereocenters. The van der Waals surface area contributed by atoms with Crippen LogP contribution < -0.4 is 5.43 Å². The maximum atomic E-state index is 13.8. The highest BCUT2D eigenvalue weighted by molar-refractivity contribution is 7.98. The van der Waals surface area contributed by atoms with Crippen LogP contribution in [0.25, 0.3) is 11.0 Å². The number of thioether (sulfide) groups is 1. The molecule has 166 valence electrons. The summed E-state index contributed by atoms with van der Waals surface area (Å²) in [5.74, 6) is -0.0915. The molecule has 1 amide bonds. The van der Waals surface area contributed by atoms with E-state index in [1.807, 2.05) is 87.7 Å². The summed E-state index contributed by atoms with van der Waals surface area (Å²) < 4.78 is 6.15. The van der Waals surface area contributed by atoms with Crippen molar-refractivity contribution in [3.8, 4) is 0 Å². The van der Waals surface area contributed by atoms with Crippen LogP contribution >= 0.6 is 11.8 Å². The second-order valence-corrected chi connectivity index (χ2v) is 9.60. The van der Waals surface area contributed by atoms with E-state index in [4.69, 9.17) is 4.42 Å². The van der Waals surface area contributed by atoms with Crippen LogP contribution in [0.1, 0.15) is 50.0 Å². The molecule has 5 rings (SSSR count). The zero-order chi connectivity index (χ0) is 23.3. The van der Waals surface area contributed by atoms with E-state index in [2.05, 4.69) is 0 Å². The molecule has 1 aromatic heterocycles. The van der Waals surface area contributed by atoms with Gasteiger partial charge in [0.25, 0.3) is 5.91 Å². The Kier molecular flexibility index (Phi) is 5.37. The Morgan fingerprint density at radius 2 is 1.61 bits per heavy atom. The molecule has 0 radical (unpaired) electrons. The van der Waals surface area contributed by atoms with Crippen molar-refractivity contribution in [1.82, 2.24) is 4.90 Å². The summed E-state index contributed by atoms with van der Waals surface area (Å²) >= 11 is 1.66. The first-order valence-corrected chi connectivity index (χ1v) is 12.2. The summed E-state index contributed by atoms with van der Waals surface area (Å²) in [6, 6.07) is 19.5. The van der Waals surface area contributed by atoms with Gasteiger partial charge in [0.1, 0.15) is 5.58 Å². The maximum absolute atomic E-state index is 13.8. The van der Waals surface area contributed by atoms with Gasteiger partial charge in [-0.25, -0.2) is 0 Å². The Morgan fingerprint density at radius 1 is 0.909 bits per heavy atom. The van der Waals surface area contributed by atoms with Gasteiger partial charge < -0.3 is 9.32 Å². The van der Waals surface area contributed by atoms with Gasteiger partial charge in [0.05, 0.1) is 17.0 Å². The van der Waals surface area contributed by atoms with Crippen molar-refractivity contribution in [2.45, 2.75) is 38.3 Å². The first-order chi connectivity index (χ1) is 15.9. The van der Waals surface area contributed by atoms with Crippen molar-refractivity contribution < 1.29 is 9.21 Å². The first-order valence-electron chi connectivity index (χ1n) is 11.0. The van der Waals surface area contributed by atoms with E-state index in [-0.39, 0.29) is 17.1 Å². The van der Waals surface area contributed by atoms with E-state index >= 15 is 0 Å². The van der Waals surface area contributed by atoms with Gasteiger partial charge in [0.2, 0.25) is 5.76 Å². The first kappa shape index (κ1) is 21.5. The molecule has 0 fully saturated rings. The average Bonchev–Trinajstić information content (AvgIpc) is 3.07. The Balaban J connectivity index is 1.73. The van der Waals surface area contributed by atoms with Gasteiger partial charge in [0.15, 0.2) is 5.43 Å². The highest BCUT2D eigenvalue weighted by Crippen LogP contribution is 2.40. The molecule has 4 nitrogen and oxygen atoms in total. The van der Waals surface area contributed by atoms with Gasteiger partial charge in [0, 0.05) is 11.4 Å². The van der Waals surface area contributed by atoms with Crippen molar-refractivity contribution in [2.24, 2.45) is 0 Å². The zero-order valence-electron chi connectivity index (χ0n) is 19.1. The molecule has 1 aliphatic rings. The van der Waals surface area contributed by atoms with Gasteiger partial charge in [-0.2, -0.15) is 0 Å². The summed E-state index contributed by atoms with van der Waals surface area (Å²) in [6.07, 6.45) is 2.03. The lowest BCUT2D eigenvalue weighted by atomic mass is 9.96. The SMILES string of the molecule is CSc1ccc(C2c3c(oc4cc(C)cc(C)c4c3=O)C(=O)N2Cc2ccc(C)cc2)cc1. The fourth-order valence-electron chi connectivity index (χ4n) is 4.70. The quantitative estimate of drug-likeness (QED) is 0.345. The molecular weight excluding hydrogens is 430 g/mol. The zero-order valence-corrected chi connectivity index (χ0v) is 20.0. The van der Waals surface area contributed by atoms with Crippen molar-refractivity contribution in [1.29, 1.82) is 0 Å². The van der Waals surface area contributed by atoms with Crippen LogP contribution in [0.2, 0.25) is 0 Å². The number of carbonyl (C=O) groups excluding carboxylic acids is 1. The number of amides is 1. The predicted octanol–water partition coefficient (Wildman–Crippen LogP) is 6.19. The summed E-state index contributed by atoms with van der Waals surface area (Å²) in [5.41, 5.74) is 5.72. The van der Waals surface area contributed by atoms with Crippen LogP contribution in [0.5, 0.6) is 0 Å². The number of fused-ring (bicyclic) bond motifs is 2. The molecule has 4 aromatic rings. The van der Waals surface area contributed by atoms with Crippen LogP contribution in [-0.4, -0.2) is 17.1 Å². The molecule has 0 bridgehead atoms. The number of hydrogen-bond donors (Lipinski definition) is 0. The number of benzene rings is 3. The minimum atomic E-state index is -0.494. The molecule has 33 heavy (non-hydrogen) atoms. The maximum Gasteiger partial charge on any atom is 0.291 e. The third kappa shape index (κ3) is 3.66. The van der Waals surface area contributed by atoms with E-state index < -0.39 is 6.04 Å². The standard InChI is InChI=1S/C28H25NO3S/c1-16-5-7-19(8-6-16)15-29-25(20-9-11-21(33-4)12-10-20)24-26(30)23-18(3)13-17(2)14-22(23)32-27(24)28(29)31/h5-14,25H,15H2,1-4H3. The molecule has 1 atom stereocenters. The number of nitrogens with zero attached hydrogens (tertiary/aromatic N) is 1. The Bertz CT molecular complexity index is 1440. The molecule has 0 spiro atoms. The number of hydrogen-bond acceptors (Lipinski definition) is 4. The third-order valence-corrected chi connectivity index (χ3v) is 7.06. The fourth-order valence-corrected chi connectivity index (χ4v) is 5.11. The van der Waals surface area contributed by atoms with Crippen molar-refractivity contribution in [3.63, 3.8) is 0 Å². The lowest BCUT2D eigenvalue weighted by Crippen LogP contribution is -2.29. The Hall–Kier alpha value is -3.31. The van der Waals surface area contributed by atoms with Crippen molar-refractivity contribution in [2.75, 3.05) is 6.26 Å². The third-order valence-electron chi connectivity index (χ3n) is 6.32. The molecule has 5 heteroatoms. The Labute approximate surface area is 197 Å². The minimum Gasteiger partial charge on any atom is -0.450 e. The smallest absolute Gasteiger partial charge is 0.291 e. The predicted molar refractivity (Wildman–Crippen MR) is 133 cm³/mol. The monoisotopic (exact) mass is 455 g/mol. The number of aryl methyl sites for hydroxylation is 3. The lowest BCUT2D eigenvalue weighted by Gasteiger charge is -2.25. The van der Waals surface area contributed by atoms with Crippen LogP contribution in [0.4, 0.5) is 0 Å². The molecule has 0 saturated carbocycles. The molecule has 0 N–H and O–H groups in total. The largest absolute Gasteiger partial charge is 0.450 e. The minimum absolute atomic E-state index is 0.123. The number of rotatable bonds is 4. The van der Waals surface area contributed by atoms with E-state index in [0.717, 1.165) is 32.7 Å². The topological polar surface area (TPSA) is 50.5 Å². The van der Waals surface area contributed by atoms with Crippen molar-refractivity contribution in [3.05, 3.63) is 110 Å². The fraction of sp³-hybridized carbons (Fsp3) is 0.214. The molecule has 2 heterocycles. The highest BCUT2D eigenvalue weighted by Gasteiger charge is 2.42. The van der Waals surface area contributed by atoms with Gasteiger partial charge in [-0.3, -0.25) is 9.59 Å². The van der Waals surface area contributed by atoms with Crippen LogP contribution in [-0.2, 0) is 6.54 Å². The van der Waals surface area contributed by atoms with E-state index in [1.165, 1.54) is 0 Å². The van der Waals surface area contributed by atoms with Crippen molar-refractivity contribution >= 4 is 28.6 Å². The van der Waals surface area contributed by atoms with E-state index in [0.29, 0.717) is 23.1 Å². The van der Waals surface area contributed by atoms with Gasteiger partial charge in [-0.1, -0.05) is 48.0 Å². The highest BCUT2D eigenvalue weighted by atomic mass is 32.2. The van der Waals surface area contributed by atoms with Crippen LogP contribution in [0.3, 0.4) is 0 Å². The van der Waals surface area contributed by atoms with Gasteiger partial charge >= 0.3 is 0 Å². The molecule has 3 aromatic carbocycles. The number of carbonyl (C=O) groups is 1. The average molecular weight is 456 g/mol. The molecule has 0 saturated heterocycles. The summed E-state index contributed by atoms with van der Waals surface area (Å²) in [7, 11) is 0. The molecule has 0 aliphatic carbocycles. The van der Waals surface area contributed by atoms with Gasteiger partial charge in [-0.15, -0.1) is 11.8 Å². The molecule has 1 aliphatic heterocycles. The van der Waals surface area contributed by atoms with E-state index in [1.54, 1.807) is 16.7 Å². The van der Waals surface area contributed by atoms with E-state index in [9.17, 15) is 9.59 Å². The Morgan fingerprint density at radius 3 is 2.27 bits per heavy atom. The molecular formula is C28H25NO3S. The summed E-state index contributed by atoms with van der Waals surface area (Å²) in [5, 5.41) is 0.551. The normalized spacial score (nSPS) is 15.3. The van der Waals surface area contributed by atoms with Crippen LogP contribution in [0.15, 0.2) is 74.8 Å². The second-order valence-electron chi connectivity index (χ2n) is 8.72. The summed E-state index contributed by atoms with van der Waals surface area (Å²) in [4.78, 5) is 30.3. The van der Waals surface area contributed by atoms with Gasteiger partial charge in [-0.05, 0) is 67.5 Å². The summed E-state index contributed by atoms with van der Waals surface area (Å²) in [6.45, 7) is 6.31. The second kappa shape index (κ2) is 8.23. The van der Waals surface area contributed by atoms with Crippen LogP contribution in [0, 0.1) is 20.8 Å². The lowest BCUT2D eigenvalue weighted by molar-refractivity contribution is 0.0714.